The summed E-state index contributed by atoms with van der Waals surface area (Å²) in [7, 11) is -4.66. The number of anilines is 1. The Morgan fingerprint density at radius 2 is 2.33 bits per heavy atom. The number of nitrogens with zero attached hydrogens (tertiary/aromatic N) is 7. The van der Waals surface area contributed by atoms with Gasteiger partial charge in [-0.1, -0.05) is 5.11 Å². The van der Waals surface area contributed by atoms with E-state index in [1.807, 2.05) is 0 Å². The standard InChI is InChI=1S/C10H13N8O5P/c11-9-8-10(14-3-13-9)18(4-15-8)7-1-5(16-17-12)6(23-7)2-22-24(19,20)21/h3-7H,1-2H2,(H2,11,13,14)(H2,19,20,21)/t5-,6-,7-/m1/s1. The Morgan fingerprint density at radius 3 is 3.04 bits per heavy atom. The molecule has 3 rings (SSSR count). The zero-order chi connectivity index (χ0) is 17.3. The largest absolute Gasteiger partial charge is 0.469 e. The Kier molecular flexibility index (Phi) is 4.37. The van der Waals surface area contributed by atoms with E-state index in [2.05, 4.69) is 29.5 Å². The third-order valence-corrected chi connectivity index (χ3v) is 3.99. The van der Waals surface area contributed by atoms with E-state index in [9.17, 15) is 4.57 Å². The molecule has 4 N–H and O–H groups in total. The lowest BCUT2D eigenvalue weighted by atomic mass is 10.1. The molecule has 24 heavy (non-hydrogen) atoms. The summed E-state index contributed by atoms with van der Waals surface area (Å²) in [5.74, 6) is 0.213. The topological polar surface area (TPSA) is 194 Å². The van der Waals surface area contributed by atoms with Crippen molar-refractivity contribution in [2.75, 3.05) is 12.3 Å². The van der Waals surface area contributed by atoms with Gasteiger partial charge >= 0.3 is 7.82 Å². The molecule has 0 unspecified atom stereocenters. The Balaban J connectivity index is 1.85. The van der Waals surface area contributed by atoms with E-state index in [1.54, 1.807) is 4.57 Å². The Labute approximate surface area is 134 Å². The van der Waals surface area contributed by atoms with Gasteiger partial charge in [0.25, 0.3) is 0 Å². The van der Waals surface area contributed by atoms with Crippen molar-refractivity contribution in [3.05, 3.63) is 23.1 Å². The van der Waals surface area contributed by atoms with Crippen molar-refractivity contribution >= 4 is 24.8 Å². The number of hydrogen-bond acceptors (Lipinski definition) is 8. The van der Waals surface area contributed by atoms with Crippen LogP contribution in [0, 0.1) is 0 Å². The van der Waals surface area contributed by atoms with Gasteiger partial charge in [0.2, 0.25) is 0 Å². The van der Waals surface area contributed by atoms with Crippen LogP contribution in [0.5, 0.6) is 0 Å². The van der Waals surface area contributed by atoms with Gasteiger partial charge in [-0.3, -0.25) is 9.09 Å². The van der Waals surface area contributed by atoms with Gasteiger partial charge in [0.1, 0.15) is 18.1 Å². The number of aromatic nitrogens is 4. The Bertz CT molecular complexity index is 845. The van der Waals surface area contributed by atoms with Gasteiger partial charge < -0.3 is 20.3 Å². The third kappa shape index (κ3) is 3.31. The first-order chi connectivity index (χ1) is 11.4. The van der Waals surface area contributed by atoms with Crippen molar-refractivity contribution < 1.29 is 23.6 Å². The van der Waals surface area contributed by atoms with Crippen molar-refractivity contribution in [2.45, 2.75) is 24.8 Å². The molecule has 13 nitrogen and oxygen atoms in total. The fourth-order valence-corrected chi connectivity index (χ4v) is 2.82. The molecule has 128 valence electrons. The number of ether oxygens (including phenoxy) is 1. The van der Waals surface area contributed by atoms with Gasteiger partial charge in [-0.2, -0.15) is 0 Å². The molecule has 3 heterocycles. The molecule has 2 aromatic rings. The molecule has 2 aromatic heterocycles. The van der Waals surface area contributed by atoms with E-state index in [4.69, 9.17) is 25.8 Å². The summed E-state index contributed by atoms with van der Waals surface area (Å²) >= 11 is 0. The summed E-state index contributed by atoms with van der Waals surface area (Å²) in [6.07, 6.45) is 1.57. The smallest absolute Gasteiger partial charge is 0.382 e. The van der Waals surface area contributed by atoms with Gasteiger partial charge in [-0.25, -0.2) is 19.5 Å². The average Bonchev–Trinajstić information content (AvgIpc) is 3.09. The third-order valence-electron chi connectivity index (χ3n) is 3.51. The van der Waals surface area contributed by atoms with Crippen molar-refractivity contribution in [1.29, 1.82) is 0 Å². The van der Waals surface area contributed by atoms with Crippen molar-refractivity contribution in [3.63, 3.8) is 0 Å². The molecule has 14 heteroatoms. The summed E-state index contributed by atoms with van der Waals surface area (Å²) in [6, 6.07) is -0.664. The van der Waals surface area contributed by atoms with E-state index in [0.29, 0.717) is 11.2 Å². The van der Waals surface area contributed by atoms with Gasteiger partial charge in [-0.15, -0.1) is 0 Å². The SMILES string of the molecule is [N-]=[N+]=N[C@@H]1C[C@H](n2cnc3c(N)ncnc32)O[C@@H]1COP(=O)(O)O. The Hall–Kier alpha value is -2.27. The molecule has 1 saturated heterocycles. The number of hydrogen-bond donors (Lipinski definition) is 3. The first-order valence-corrected chi connectivity index (χ1v) is 8.25. The lowest BCUT2D eigenvalue weighted by Crippen LogP contribution is -2.24. The number of nitrogen functional groups attached to an aromatic ring is 1. The van der Waals surface area contributed by atoms with Crippen LogP contribution in [-0.2, 0) is 13.8 Å². The molecule has 0 bridgehead atoms. The maximum absolute atomic E-state index is 10.8. The minimum atomic E-state index is -4.66. The molecule has 0 amide bonds. The number of imidazole rings is 1. The molecule has 1 fully saturated rings. The molecular formula is C10H13N8O5P. The van der Waals surface area contributed by atoms with Crippen LogP contribution >= 0.6 is 7.82 Å². The molecule has 0 aliphatic carbocycles. The number of phosphoric acid groups is 1. The lowest BCUT2D eigenvalue weighted by Gasteiger charge is -2.16. The Morgan fingerprint density at radius 1 is 1.54 bits per heavy atom. The summed E-state index contributed by atoms with van der Waals surface area (Å²) in [6.45, 7) is -0.422. The zero-order valence-corrected chi connectivity index (χ0v) is 13.0. The number of rotatable bonds is 5. The first kappa shape index (κ1) is 16.6. The minimum Gasteiger partial charge on any atom is -0.382 e. The summed E-state index contributed by atoms with van der Waals surface area (Å²) in [5, 5.41) is 3.59. The van der Waals surface area contributed by atoms with Crippen LogP contribution in [0.1, 0.15) is 12.6 Å². The van der Waals surface area contributed by atoms with Crippen molar-refractivity contribution in [3.8, 4) is 0 Å². The van der Waals surface area contributed by atoms with Gasteiger partial charge in [-0.05, 0) is 5.53 Å². The molecular weight excluding hydrogens is 343 g/mol. The predicted octanol–water partition coefficient (Wildman–Crippen LogP) is 0.484. The highest BCUT2D eigenvalue weighted by atomic mass is 31.2. The second kappa shape index (κ2) is 6.32. The highest BCUT2D eigenvalue weighted by molar-refractivity contribution is 7.46. The molecule has 1 aliphatic rings. The predicted molar refractivity (Wildman–Crippen MR) is 79.2 cm³/mol. The van der Waals surface area contributed by atoms with Crippen LogP contribution in [0.25, 0.3) is 21.6 Å². The fourth-order valence-electron chi connectivity index (χ4n) is 2.48. The second-order valence-corrected chi connectivity index (χ2v) is 6.25. The van der Waals surface area contributed by atoms with Gasteiger partial charge in [0.05, 0.1) is 25.1 Å². The van der Waals surface area contributed by atoms with Crippen LogP contribution in [-0.4, -0.2) is 48.1 Å². The minimum absolute atomic E-state index is 0.213. The molecule has 3 atom stereocenters. The van der Waals surface area contributed by atoms with Crippen molar-refractivity contribution in [2.24, 2.45) is 5.11 Å². The monoisotopic (exact) mass is 356 g/mol. The number of azide groups is 1. The maximum Gasteiger partial charge on any atom is 0.469 e. The van der Waals surface area contributed by atoms with Gasteiger partial charge in [0.15, 0.2) is 11.5 Å². The molecule has 1 aliphatic heterocycles. The quantitative estimate of drug-likeness (QED) is 0.295. The number of fused-ring (bicyclic) bond motifs is 1. The summed E-state index contributed by atoms with van der Waals surface area (Å²) in [5.41, 5.74) is 15.2. The van der Waals surface area contributed by atoms with Gasteiger partial charge in [0, 0.05) is 11.3 Å². The summed E-state index contributed by atoms with van der Waals surface area (Å²) in [4.78, 5) is 32.4. The van der Waals surface area contributed by atoms with E-state index in [1.165, 1.54) is 12.7 Å². The van der Waals surface area contributed by atoms with Crippen molar-refractivity contribution in [1.82, 2.24) is 19.5 Å². The maximum atomic E-state index is 10.8. The van der Waals surface area contributed by atoms with Crippen LogP contribution in [0.15, 0.2) is 17.8 Å². The average molecular weight is 356 g/mol. The van der Waals surface area contributed by atoms with Crippen LogP contribution in [0.2, 0.25) is 0 Å². The highest BCUT2D eigenvalue weighted by Gasteiger charge is 2.38. The highest BCUT2D eigenvalue weighted by Crippen LogP contribution is 2.39. The first-order valence-electron chi connectivity index (χ1n) is 6.72. The summed E-state index contributed by atoms with van der Waals surface area (Å²) < 4.78 is 22.6. The molecule has 0 aromatic carbocycles. The van der Waals surface area contributed by atoms with Crippen LogP contribution in [0.3, 0.4) is 0 Å². The molecule has 0 spiro atoms. The van der Waals surface area contributed by atoms with E-state index in [-0.39, 0.29) is 12.2 Å². The lowest BCUT2D eigenvalue weighted by molar-refractivity contribution is -0.0230. The van der Waals surface area contributed by atoms with Crippen LogP contribution in [0.4, 0.5) is 5.82 Å². The van der Waals surface area contributed by atoms with E-state index < -0.39 is 32.8 Å². The molecule has 0 saturated carbocycles. The van der Waals surface area contributed by atoms with E-state index >= 15 is 0 Å². The normalized spacial score (nSPS) is 24.2. The second-order valence-electron chi connectivity index (χ2n) is 5.01. The van der Waals surface area contributed by atoms with E-state index in [0.717, 1.165) is 0 Å². The number of nitrogens with two attached hydrogens (primary N) is 1. The molecule has 0 radical (unpaired) electrons. The fraction of sp³-hybridized carbons (Fsp3) is 0.500. The number of phosphoric ester groups is 1. The zero-order valence-electron chi connectivity index (χ0n) is 12.1. The van der Waals surface area contributed by atoms with Crippen LogP contribution < -0.4 is 5.73 Å².